The topological polar surface area (TPSA) is 64.6 Å². The minimum absolute atomic E-state index is 0.170. The summed E-state index contributed by atoms with van der Waals surface area (Å²) in [5, 5.41) is 2.66. The lowest BCUT2D eigenvalue weighted by Gasteiger charge is -2.05. The summed E-state index contributed by atoms with van der Waals surface area (Å²) in [6.07, 6.45) is 7.93. The summed E-state index contributed by atoms with van der Waals surface area (Å²) in [6, 6.07) is 0. The van der Waals surface area contributed by atoms with Crippen LogP contribution >= 0.6 is 0 Å². The van der Waals surface area contributed by atoms with Gasteiger partial charge in [-0.15, -0.1) is 0 Å². The van der Waals surface area contributed by atoms with Crippen molar-refractivity contribution in [2.24, 2.45) is 0 Å². The van der Waals surface area contributed by atoms with Gasteiger partial charge < -0.3 is 14.8 Å². The normalized spacial score (nSPS) is 9.60. The van der Waals surface area contributed by atoms with E-state index in [2.05, 4.69) is 18.5 Å². The zero-order valence-corrected chi connectivity index (χ0v) is 12.1. The van der Waals surface area contributed by atoms with Crippen molar-refractivity contribution in [3.8, 4) is 0 Å². The smallest absolute Gasteiger partial charge is 0.407 e. The van der Waals surface area contributed by atoms with Crippen LogP contribution in [-0.2, 0) is 14.3 Å². The van der Waals surface area contributed by atoms with Crippen LogP contribution in [0, 0.1) is 0 Å². The van der Waals surface area contributed by atoms with E-state index in [4.69, 9.17) is 9.47 Å². The second-order valence-corrected chi connectivity index (χ2v) is 4.30. The third-order valence-electron chi connectivity index (χ3n) is 2.52. The average Bonchev–Trinajstić information content (AvgIpc) is 2.45. The summed E-state index contributed by atoms with van der Waals surface area (Å²) in [6.45, 7) is 8.06. The Kier molecular flexibility index (Phi) is 12.4. The van der Waals surface area contributed by atoms with Crippen LogP contribution < -0.4 is 5.32 Å². The van der Waals surface area contributed by atoms with Crippen LogP contribution in [0.15, 0.2) is 25.3 Å². The number of nitrogens with one attached hydrogen (secondary N) is 1. The summed E-state index contributed by atoms with van der Waals surface area (Å²) in [5.74, 6) is -0.170. The third-order valence-corrected chi connectivity index (χ3v) is 2.52. The Morgan fingerprint density at radius 1 is 0.900 bits per heavy atom. The van der Waals surface area contributed by atoms with Gasteiger partial charge in [-0.3, -0.25) is 4.79 Å². The highest BCUT2D eigenvalue weighted by Gasteiger charge is 2.01. The molecule has 0 bridgehead atoms. The van der Waals surface area contributed by atoms with E-state index in [1.807, 2.05) is 0 Å². The van der Waals surface area contributed by atoms with Crippen molar-refractivity contribution in [3.05, 3.63) is 25.3 Å². The Labute approximate surface area is 121 Å². The first-order chi connectivity index (χ1) is 9.70. The predicted molar refractivity (Wildman–Crippen MR) is 78.4 cm³/mol. The van der Waals surface area contributed by atoms with Crippen molar-refractivity contribution in [1.29, 1.82) is 0 Å². The number of hydrogen-bond acceptors (Lipinski definition) is 4. The molecule has 0 unspecified atom stereocenters. The fraction of sp³-hybridized carbons (Fsp3) is 0.600. The lowest BCUT2D eigenvalue weighted by molar-refractivity contribution is -0.142. The van der Waals surface area contributed by atoms with Crippen LogP contribution in [0.3, 0.4) is 0 Å². The second kappa shape index (κ2) is 13.6. The molecule has 5 nitrogen and oxygen atoms in total. The van der Waals surface area contributed by atoms with E-state index in [9.17, 15) is 9.59 Å². The standard InChI is InChI=1S/C15H25NO4/c1-3-12-19-14(17)10-8-6-5-7-9-11-16-15(18)20-13-4-2/h3-4H,1-2,5-13H2,(H,16,18). The van der Waals surface area contributed by atoms with Gasteiger partial charge >= 0.3 is 12.1 Å². The van der Waals surface area contributed by atoms with Gasteiger partial charge in [0.05, 0.1) is 0 Å². The van der Waals surface area contributed by atoms with Crippen molar-refractivity contribution in [3.63, 3.8) is 0 Å². The van der Waals surface area contributed by atoms with Crippen molar-refractivity contribution >= 4 is 12.1 Å². The molecule has 1 amide bonds. The van der Waals surface area contributed by atoms with Crippen LogP contribution in [-0.4, -0.2) is 31.8 Å². The highest BCUT2D eigenvalue weighted by atomic mass is 16.5. The number of carbonyl (C=O) groups excluding carboxylic acids is 2. The van der Waals surface area contributed by atoms with Gasteiger partial charge in [0.1, 0.15) is 13.2 Å². The Morgan fingerprint density at radius 2 is 1.50 bits per heavy atom. The second-order valence-electron chi connectivity index (χ2n) is 4.30. The average molecular weight is 283 g/mol. The molecule has 0 fully saturated rings. The predicted octanol–water partition coefficient (Wildman–Crippen LogP) is 2.97. The lowest BCUT2D eigenvalue weighted by Crippen LogP contribution is -2.25. The molecule has 0 aromatic carbocycles. The molecule has 0 saturated carbocycles. The number of alkyl carbamates (subject to hydrolysis) is 1. The molecule has 0 aromatic heterocycles. The maximum atomic E-state index is 11.2. The summed E-state index contributed by atoms with van der Waals surface area (Å²) in [4.78, 5) is 22.2. The van der Waals surface area contributed by atoms with Crippen LogP contribution in [0.1, 0.15) is 38.5 Å². The molecule has 0 heterocycles. The van der Waals surface area contributed by atoms with E-state index in [1.54, 1.807) is 6.08 Å². The van der Waals surface area contributed by atoms with Crippen molar-refractivity contribution in [2.75, 3.05) is 19.8 Å². The molecule has 0 saturated heterocycles. The molecule has 0 rings (SSSR count). The van der Waals surface area contributed by atoms with Gasteiger partial charge in [-0.25, -0.2) is 4.79 Å². The fourth-order valence-corrected chi connectivity index (χ4v) is 1.52. The van der Waals surface area contributed by atoms with E-state index in [0.717, 1.165) is 32.1 Å². The molecule has 1 N–H and O–H groups in total. The van der Waals surface area contributed by atoms with Gasteiger partial charge in [0, 0.05) is 13.0 Å². The van der Waals surface area contributed by atoms with Crippen LogP contribution in [0.5, 0.6) is 0 Å². The molecule has 0 aliphatic carbocycles. The van der Waals surface area contributed by atoms with Crippen LogP contribution in [0.2, 0.25) is 0 Å². The maximum absolute atomic E-state index is 11.2. The van der Waals surface area contributed by atoms with E-state index >= 15 is 0 Å². The molecule has 0 atom stereocenters. The minimum Gasteiger partial charge on any atom is -0.461 e. The van der Waals surface area contributed by atoms with Crippen molar-refractivity contribution in [2.45, 2.75) is 38.5 Å². The van der Waals surface area contributed by atoms with Gasteiger partial charge in [-0.05, 0) is 12.8 Å². The van der Waals surface area contributed by atoms with E-state index in [-0.39, 0.29) is 19.2 Å². The number of carbonyl (C=O) groups is 2. The van der Waals surface area contributed by atoms with Gasteiger partial charge in [0.15, 0.2) is 0 Å². The Morgan fingerprint density at radius 3 is 2.20 bits per heavy atom. The number of esters is 1. The molecular weight excluding hydrogens is 258 g/mol. The van der Waals surface area contributed by atoms with Crippen LogP contribution in [0.4, 0.5) is 4.79 Å². The Balaban J connectivity index is 3.24. The number of unbranched alkanes of at least 4 members (excludes halogenated alkanes) is 4. The summed E-state index contributed by atoms with van der Waals surface area (Å²) in [5.41, 5.74) is 0. The molecule has 0 aliphatic heterocycles. The number of hydrogen-bond donors (Lipinski definition) is 1. The highest BCUT2D eigenvalue weighted by Crippen LogP contribution is 2.05. The maximum Gasteiger partial charge on any atom is 0.407 e. The minimum atomic E-state index is -0.408. The molecule has 0 radical (unpaired) electrons. The first-order valence-electron chi connectivity index (χ1n) is 6.98. The highest BCUT2D eigenvalue weighted by molar-refractivity contribution is 5.69. The Bertz CT molecular complexity index is 272. The van der Waals surface area contributed by atoms with Crippen LogP contribution in [0.25, 0.3) is 0 Å². The number of rotatable bonds is 12. The third kappa shape index (κ3) is 12.7. The SMILES string of the molecule is C=CCOC(=O)CCCCCCCNC(=O)OCC=C. The van der Waals surface area contributed by atoms with E-state index in [1.165, 1.54) is 6.08 Å². The largest absolute Gasteiger partial charge is 0.461 e. The molecule has 5 heteroatoms. The molecule has 20 heavy (non-hydrogen) atoms. The zero-order chi connectivity index (χ0) is 15.1. The van der Waals surface area contributed by atoms with Gasteiger partial charge in [-0.1, -0.05) is 44.6 Å². The molecule has 114 valence electrons. The quantitative estimate of drug-likeness (QED) is 0.340. The van der Waals surface area contributed by atoms with E-state index < -0.39 is 6.09 Å². The summed E-state index contributed by atoms with van der Waals surface area (Å²) in [7, 11) is 0. The first-order valence-corrected chi connectivity index (χ1v) is 6.98. The zero-order valence-electron chi connectivity index (χ0n) is 12.1. The van der Waals surface area contributed by atoms with E-state index in [0.29, 0.717) is 13.0 Å². The molecule has 0 aliphatic rings. The van der Waals surface area contributed by atoms with Gasteiger partial charge in [-0.2, -0.15) is 0 Å². The lowest BCUT2D eigenvalue weighted by atomic mass is 10.1. The molecule has 0 aromatic rings. The fourth-order valence-electron chi connectivity index (χ4n) is 1.52. The number of ether oxygens (including phenoxy) is 2. The molecule has 0 spiro atoms. The first kappa shape index (κ1) is 18.2. The monoisotopic (exact) mass is 283 g/mol. The number of amides is 1. The summed E-state index contributed by atoms with van der Waals surface area (Å²) < 4.78 is 9.64. The summed E-state index contributed by atoms with van der Waals surface area (Å²) >= 11 is 0. The van der Waals surface area contributed by atoms with Crippen molar-refractivity contribution < 1.29 is 19.1 Å². The van der Waals surface area contributed by atoms with Gasteiger partial charge in [0.2, 0.25) is 0 Å². The van der Waals surface area contributed by atoms with Crippen molar-refractivity contribution in [1.82, 2.24) is 5.32 Å². The Hall–Kier alpha value is -1.78. The van der Waals surface area contributed by atoms with Gasteiger partial charge in [0.25, 0.3) is 0 Å². The molecular formula is C15H25NO4.